The first-order valence-electron chi connectivity index (χ1n) is 26.3. The average Bonchev–Trinajstić information content (AvgIpc) is 3.23. The van der Waals surface area contributed by atoms with E-state index >= 15 is 0 Å². The van der Waals surface area contributed by atoms with Crippen LogP contribution in [0.2, 0.25) is 0 Å². The molecule has 0 fully saturated rings. The summed E-state index contributed by atoms with van der Waals surface area (Å²) in [5.74, 6) is 5.72. The van der Waals surface area contributed by atoms with Crippen molar-refractivity contribution in [3.8, 4) is 0 Å². The molecule has 0 amide bonds. The SMILES string of the molecule is CCCCCCCCCOC(=O)CCCCCCCN(CCCCCCCC(=O)OC(CCCCCCCC)CCCCCCCC)CCCN/C=C(/COC(C)(C)C)NN. The van der Waals surface area contributed by atoms with Gasteiger partial charge in [-0.2, -0.15) is 0 Å². The number of rotatable bonds is 47. The third-order valence-corrected chi connectivity index (χ3v) is 11.7. The summed E-state index contributed by atoms with van der Waals surface area (Å²) in [7, 11) is 0. The van der Waals surface area contributed by atoms with Crippen LogP contribution < -0.4 is 16.6 Å². The van der Waals surface area contributed by atoms with Crippen LogP contribution in [-0.4, -0.2) is 67.9 Å². The van der Waals surface area contributed by atoms with Crippen molar-refractivity contribution in [2.24, 2.45) is 5.84 Å². The fourth-order valence-corrected chi connectivity index (χ4v) is 7.75. The van der Waals surface area contributed by atoms with Crippen molar-refractivity contribution in [2.45, 2.75) is 272 Å². The average molecular weight is 865 g/mol. The fourth-order valence-electron chi connectivity index (χ4n) is 7.75. The van der Waals surface area contributed by atoms with Crippen LogP contribution in [0.4, 0.5) is 0 Å². The number of carbonyl (C=O) groups is 2. The van der Waals surface area contributed by atoms with Crippen LogP contribution in [0.3, 0.4) is 0 Å². The number of hydrogen-bond acceptors (Lipinski definition) is 9. The van der Waals surface area contributed by atoms with Crippen LogP contribution in [0.15, 0.2) is 11.9 Å². The maximum atomic E-state index is 12.9. The van der Waals surface area contributed by atoms with Crippen LogP contribution >= 0.6 is 0 Å². The van der Waals surface area contributed by atoms with E-state index in [4.69, 9.17) is 20.1 Å². The molecule has 9 nitrogen and oxygen atoms in total. The second kappa shape index (κ2) is 44.8. The largest absolute Gasteiger partial charge is 0.466 e. The first-order chi connectivity index (χ1) is 29.6. The van der Waals surface area contributed by atoms with Crippen molar-refractivity contribution < 1.29 is 23.8 Å². The van der Waals surface area contributed by atoms with E-state index in [1.54, 1.807) is 0 Å². The monoisotopic (exact) mass is 865 g/mol. The fraction of sp³-hybridized carbons (Fsp3) is 0.923. The zero-order chi connectivity index (χ0) is 44.9. The smallest absolute Gasteiger partial charge is 0.306 e. The van der Waals surface area contributed by atoms with Gasteiger partial charge < -0.3 is 29.9 Å². The molecule has 4 N–H and O–H groups in total. The van der Waals surface area contributed by atoms with Gasteiger partial charge in [0, 0.05) is 25.6 Å². The highest BCUT2D eigenvalue weighted by molar-refractivity contribution is 5.69. The number of nitrogens with zero attached hydrogens (tertiary/aromatic N) is 1. The Morgan fingerprint density at radius 2 is 0.984 bits per heavy atom. The molecule has 0 bridgehead atoms. The van der Waals surface area contributed by atoms with Crippen LogP contribution in [0.5, 0.6) is 0 Å². The van der Waals surface area contributed by atoms with Crippen LogP contribution in [0.25, 0.3) is 0 Å². The van der Waals surface area contributed by atoms with E-state index in [0.29, 0.717) is 26.1 Å². The quantitative estimate of drug-likeness (QED) is 0.0238. The van der Waals surface area contributed by atoms with Crippen molar-refractivity contribution in [1.82, 2.24) is 15.6 Å². The summed E-state index contributed by atoms with van der Waals surface area (Å²) in [6.45, 7) is 18.1. The van der Waals surface area contributed by atoms with Crippen molar-refractivity contribution >= 4 is 11.9 Å². The molecule has 0 spiro atoms. The standard InChI is InChI=1S/C52H104N4O5/c1-7-10-13-16-19-28-35-45-59-50(57)39-31-24-20-26-33-42-56(44-36-41-54-46-48(55-53)47-60-52(4,5)6)43-34-27-21-25-32-40-51(58)61-49(37-29-22-17-14-11-8-2)38-30-23-18-15-12-9-3/h46,49,54-55H,7-45,47,53H2,1-6H3/b48-46-. The Hall–Kier alpha value is -1.84. The van der Waals surface area contributed by atoms with E-state index in [9.17, 15) is 9.59 Å². The molecule has 0 saturated heterocycles. The van der Waals surface area contributed by atoms with E-state index in [1.807, 2.05) is 27.0 Å². The molecule has 0 aliphatic heterocycles. The predicted molar refractivity (Wildman–Crippen MR) is 260 cm³/mol. The molecule has 0 unspecified atom stereocenters. The third-order valence-electron chi connectivity index (χ3n) is 11.7. The molecule has 0 aromatic carbocycles. The van der Waals surface area contributed by atoms with Crippen molar-refractivity contribution in [3.63, 3.8) is 0 Å². The van der Waals surface area contributed by atoms with Gasteiger partial charge in [0.25, 0.3) is 0 Å². The predicted octanol–water partition coefficient (Wildman–Crippen LogP) is 13.8. The van der Waals surface area contributed by atoms with E-state index < -0.39 is 0 Å². The Labute approximate surface area is 378 Å². The molecule has 0 rings (SSSR count). The summed E-state index contributed by atoms with van der Waals surface area (Å²) in [6.07, 6.45) is 41.4. The van der Waals surface area contributed by atoms with Gasteiger partial charge in [0.2, 0.25) is 0 Å². The molecule has 0 saturated carbocycles. The zero-order valence-electron chi connectivity index (χ0n) is 41.5. The number of hydrazine groups is 1. The van der Waals surface area contributed by atoms with E-state index in [1.165, 1.54) is 148 Å². The summed E-state index contributed by atoms with van der Waals surface area (Å²) in [5.41, 5.74) is 3.37. The number of nitrogens with one attached hydrogen (secondary N) is 2. The van der Waals surface area contributed by atoms with Crippen LogP contribution in [0.1, 0.15) is 260 Å². The Balaban J connectivity index is 4.60. The Morgan fingerprint density at radius 1 is 0.557 bits per heavy atom. The second-order valence-electron chi connectivity index (χ2n) is 19.0. The number of nitrogens with two attached hydrogens (primary N) is 1. The molecular weight excluding hydrogens is 761 g/mol. The van der Waals surface area contributed by atoms with Gasteiger partial charge in [-0.05, 0) is 105 Å². The van der Waals surface area contributed by atoms with Crippen molar-refractivity contribution in [3.05, 3.63) is 11.9 Å². The van der Waals surface area contributed by atoms with Gasteiger partial charge in [-0.15, -0.1) is 0 Å². The number of esters is 2. The normalized spacial score (nSPS) is 12.1. The highest BCUT2D eigenvalue weighted by atomic mass is 16.5. The number of ether oxygens (including phenoxy) is 3. The van der Waals surface area contributed by atoms with E-state index in [-0.39, 0.29) is 23.6 Å². The summed E-state index contributed by atoms with van der Waals surface area (Å²) >= 11 is 0. The molecule has 0 atom stereocenters. The van der Waals surface area contributed by atoms with Gasteiger partial charge in [-0.1, -0.05) is 162 Å². The molecule has 0 radical (unpaired) electrons. The summed E-state index contributed by atoms with van der Waals surface area (Å²) < 4.78 is 17.4. The molecule has 0 aromatic rings. The summed E-state index contributed by atoms with van der Waals surface area (Å²) in [5, 5.41) is 3.42. The first kappa shape index (κ1) is 59.2. The first-order valence-corrected chi connectivity index (χ1v) is 26.3. The van der Waals surface area contributed by atoms with Gasteiger partial charge >= 0.3 is 11.9 Å². The van der Waals surface area contributed by atoms with E-state index in [2.05, 4.69) is 36.4 Å². The maximum Gasteiger partial charge on any atom is 0.306 e. The van der Waals surface area contributed by atoms with E-state index in [0.717, 1.165) is 89.7 Å². The minimum atomic E-state index is -0.218. The second-order valence-corrected chi connectivity index (χ2v) is 19.0. The van der Waals surface area contributed by atoms with Crippen molar-refractivity contribution in [1.29, 1.82) is 0 Å². The van der Waals surface area contributed by atoms with Gasteiger partial charge in [0.15, 0.2) is 0 Å². The van der Waals surface area contributed by atoms with Gasteiger partial charge in [0.05, 0.1) is 24.5 Å². The minimum Gasteiger partial charge on any atom is -0.466 e. The topological polar surface area (TPSA) is 115 Å². The number of carbonyl (C=O) groups excluding carboxylic acids is 2. The van der Waals surface area contributed by atoms with Gasteiger partial charge in [-0.3, -0.25) is 15.4 Å². The summed E-state index contributed by atoms with van der Waals surface area (Å²) in [6, 6.07) is 0. The number of unbranched alkanes of at least 4 members (excludes halogenated alkanes) is 24. The molecular formula is C52H104N4O5. The van der Waals surface area contributed by atoms with Gasteiger partial charge in [-0.25, -0.2) is 0 Å². The Bertz CT molecular complexity index is 971. The Morgan fingerprint density at radius 3 is 1.48 bits per heavy atom. The third kappa shape index (κ3) is 44.6. The summed E-state index contributed by atoms with van der Waals surface area (Å²) in [4.78, 5) is 27.7. The zero-order valence-corrected chi connectivity index (χ0v) is 41.5. The lowest BCUT2D eigenvalue weighted by Gasteiger charge is -2.23. The van der Waals surface area contributed by atoms with Crippen LogP contribution in [0, 0.1) is 0 Å². The molecule has 0 heterocycles. The molecule has 61 heavy (non-hydrogen) atoms. The molecule has 0 aliphatic carbocycles. The van der Waals surface area contributed by atoms with Crippen molar-refractivity contribution in [2.75, 3.05) is 39.4 Å². The number of hydrogen-bond donors (Lipinski definition) is 3. The highest BCUT2D eigenvalue weighted by Gasteiger charge is 2.15. The molecule has 0 aliphatic rings. The highest BCUT2D eigenvalue weighted by Crippen LogP contribution is 2.19. The lowest BCUT2D eigenvalue weighted by atomic mass is 10.0. The lowest BCUT2D eigenvalue weighted by molar-refractivity contribution is -0.150. The molecule has 362 valence electrons. The molecule has 0 aromatic heterocycles. The van der Waals surface area contributed by atoms with Gasteiger partial charge in [0.1, 0.15) is 6.10 Å². The lowest BCUT2D eigenvalue weighted by Crippen LogP contribution is -2.31. The Kier molecular flexibility index (Phi) is 43.4. The minimum absolute atomic E-state index is 0.0198. The molecule has 9 heteroatoms. The van der Waals surface area contributed by atoms with Crippen LogP contribution in [-0.2, 0) is 23.8 Å². The maximum absolute atomic E-state index is 12.9.